The zero-order valence-corrected chi connectivity index (χ0v) is 23.9. The van der Waals surface area contributed by atoms with Gasteiger partial charge in [0.25, 0.3) is 5.56 Å². The van der Waals surface area contributed by atoms with E-state index >= 15 is 0 Å². The molecule has 1 aliphatic heterocycles. The average molecular weight is 616 g/mol. The number of thiophene rings is 1. The van der Waals surface area contributed by atoms with Crippen LogP contribution in [0.25, 0.3) is 26.6 Å². The molecule has 1 aliphatic rings. The first-order chi connectivity index (χ1) is 20.1. The summed E-state index contributed by atoms with van der Waals surface area (Å²) in [7, 11) is 0. The van der Waals surface area contributed by atoms with Crippen LogP contribution in [0, 0.1) is 0 Å². The number of halogens is 4. The molecule has 0 unspecified atom stereocenters. The van der Waals surface area contributed by atoms with Gasteiger partial charge >= 0.3 is 6.18 Å². The van der Waals surface area contributed by atoms with Gasteiger partial charge in [-0.25, -0.2) is 0 Å². The number of fused-ring (bicyclic) bond motifs is 2. The number of rotatable bonds is 6. The van der Waals surface area contributed by atoms with Crippen LogP contribution in [-0.4, -0.2) is 51.3 Å². The van der Waals surface area contributed by atoms with Gasteiger partial charge in [0.1, 0.15) is 12.2 Å². The van der Waals surface area contributed by atoms with Crippen LogP contribution in [0.15, 0.2) is 53.3 Å². The molecule has 218 valence electrons. The maximum absolute atomic E-state index is 13.9. The number of piperazine rings is 1. The SMILES string of the molecule is CCc1c(N2CCNCC2)c(=O)n2nc(-c3cc4ccccc4s3)nc2n1CC(=O)Nc1ccc(C(F)(F)F)cc1Cl. The van der Waals surface area contributed by atoms with E-state index in [0.717, 1.165) is 33.2 Å². The molecule has 0 radical (unpaired) electrons. The zero-order chi connectivity index (χ0) is 29.6. The van der Waals surface area contributed by atoms with Crippen molar-refractivity contribution in [1.82, 2.24) is 24.5 Å². The lowest BCUT2D eigenvalue weighted by Gasteiger charge is -2.31. The largest absolute Gasteiger partial charge is 0.416 e. The lowest BCUT2D eigenvalue weighted by atomic mass is 10.2. The molecule has 2 aromatic carbocycles. The highest BCUT2D eigenvalue weighted by atomic mass is 35.5. The number of carbonyl (C=O) groups excluding carboxylic acids is 1. The van der Waals surface area contributed by atoms with Crippen LogP contribution in [0.4, 0.5) is 24.5 Å². The minimum atomic E-state index is -4.57. The van der Waals surface area contributed by atoms with Crippen molar-refractivity contribution in [2.45, 2.75) is 26.1 Å². The number of benzene rings is 2. The molecule has 6 rings (SSSR count). The van der Waals surface area contributed by atoms with E-state index in [1.54, 1.807) is 4.57 Å². The summed E-state index contributed by atoms with van der Waals surface area (Å²) >= 11 is 7.58. The fraction of sp³-hybridized carbons (Fsp3) is 0.286. The molecule has 9 nitrogen and oxygen atoms in total. The fourth-order valence-electron chi connectivity index (χ4n) is 5.14. The number of hydrogen-bond acceptors (Lipinski definition) is 7. The molecule has 0 atom stereocenters. The predicted octanol–water partition coefficient (Wildman–Crippen LogP) is 5.06. The standard InChI is InChI=1S/C28H25ClF3N7O2S/c1-2-20-24(37-11-9-33-10-12-37)26(41)39-27(35-25(36-39)22-13-16-5-3-4-6-21(16)42-22)38(20)15-23(40)34-19-8-7-17(14-18(19)29)28(30,31)32/h3-8,13-14,33H,2,9-12,15H2,1H3,(H,34,40). The molecule has 0 aliphatic carbocycles. The van der Waals surface area contributed by atoms with Crippen molar-refractivity contribution in [2.24, 2.45) is 0 Å². The average Bonchev–Trinajstić information content (AvgIpc) is 3.60. The quantitative estimate of drug-likeness (QED) is 0.277. The monoisotopic (exact) mass is 615 g/mol. The minimum absolute atomic E-state index is 0.0412. The zero-order valence-electron chi connectivity index (χ0n) is 22.3. The third-order valence-corrected chi connectivity index (χ3v) is 8.54. The summed E-state index contributed by atoms with van der Waals surface area (Å²) in [4.78, 5) is 34.7. The second kappa shape index (κ2) is 11.0. The number of anilines is 2. The molecule has 1 saturated heterocycles. The van der Waals surface area contributed by atoms with Crippen molar-refractivity contribution >= 4 is 56.1 Å². The molecule has 1 amide bonds. The molecule has 0 saturated carbocycles. The molecule has 0 spiro atoms. The van der Waals surface area contributed by atoms with Crippen LogP contribution < -0.4 is 21.1 Å². The molecule has 1 fully saturated rings. The van der Waals surface area contributed by atoms with Crippen LogP contribution in [0.5, 0.6) is 0 Å². The summed E-state index contributed by atoms with van der Waals surface area (Å²) in [6.07, 6.45) is -4.14. The van der Waals surface area contributed by atoms with Gasteiger partial charge in [-0.2, -0.15) is 22.7 Å². The second-order valence-corrected chi connectivity index (χ2v) is 11.3. The third kappa shape index (κ3) is 5.23. The Balaban J connectivity index is 1.44. The Labute approximate surface area is 246 Å². The number of alkyl halides is 3. The van der Waals surface area contributed by atoms with Gasteiger partial charge in [-0.3, -0.25) is 9.59 Å². The van der Waals surface area contributed by atoms with Gasteiger partial charge < -0.3 is 20.1 Å². The third-order valence-electron chi connectivity index (χ3n) is 7.11. The maximum atomic E-state index is 13.9. The highest BCUT2D eigenvalue weighted by Gasteiger charge is 2.31. The van der Waals surface area contributed by atoms with Crippen molar-refractivity contribution in [1.29, 1.82) is 0 Å². The van der Waals surface area contributed by atoms with Crippen molar-refractivity contribution in [3.05, 3.63) is 75.2 Å². The predicted molar refractivity (Wildman–Crippen MR) is 158 cm³/mol. The van der Waals surface area contributed by atoms with Gasteiger partial charge in [0, 0.05) is 30.9 Å². The Bertz CT molecular complexity index is 1840. The molecule has 42 heavy (non-hydrogen) atoms. The summed E-state index contributed by atoms with van der Waals surface area (Å²) in [5, 5.41) is 11.3. The van der Waals surface area contributed by atoms with E-state index in [2.05, 4.69) is 15.7 Å². The first-order valence-corrected chi connectivity index (χ1v) is 14.5. The lowest BCUT2D eigenvalue weighted by molar-refractivity contribution is -0.137. The Morgan fingerprint density at radius 2 is 1.90 bits per heavy atom. The van der Waals surface area contributed by atoms with Crippen molar-refractivity contribution in [2.75, 3.05) is 36.4 Å². The number of hydrogen-bond donors (Lipinski definition) is 2. The smallest absolute Gasteiger partial charge is 0.363 e. The molecule has 3 aromatic heterocycles. The molecule has 4 heterocycles. The normalized spacial score (nSPS) is 14.2. The Hall–Kier alpha value is -3.94. The maximum Gasteiger partial charge on any atom is 0.416 e. The fourth-order valence-corrected chi connectivity index (χ4v) is 6.36. The first kappa shape index (κ1) is 28.2. The van der Waals surface area contributed by atoms with Gasteiger partial charge in [0.15, 0.2) is 5.82 Å². The van der Waals surface area contributed by atoms with Crippen LogP contribution >= 0.6 is 22.9 Å². The number of aromatic nitrogens is 4. The van der Waals surface area contributed by atoms with E-state index in [1.807, 2.05) is 42.2 Å². The number of nitrogens with zero attached hydrogens (tertiary/aromatic N) is 5. The van der Waals surface area contributed by atoms with Gasteiger partial charge in [0.2, 0.25) is 11.7 Å². The van der Waals surface area contributed by atoms with E-state index in [1.165, 1.54) is 15.9 Å². The lowest BCUT2D eigenvalue weighted by Crippen LogP contribution is -2.47. The summed E-state index contributed by atoms with van der Waals surface area (Å²) in [6, 6.07) is 12.6. The summed E-state index contributed by atoms with van der Waals surface area (Å²) < 4.78 is 43.2. The number of amides is 1. The van der Waals surface area contributed by atoms with E-state index in [-0.39, 0.29) is 28.6 Å². The van der Waals surface area contributed by atoms with Crippen LogP contribution in [0.1, 0.15) is 18.2 Å². The summed E-state index contributed by atoms with van der Waals surface area (Å²) in [5.41, 5.74) is -0.151. The highest BCUT2D eigenvalue weighted by Crippen LogP contribution is 2.34. The molecule has 0 bridgehead atoms. The van der Waals surface area contributed by atoms with Crippen molar-refractivity contribution in [3.63, 3.8) is 0 Å². The van der Waals surface area contributed by atoms with E-state index < -0.39 is 17.6 Å². The molecule has 5 aromatic rings. The minimum Gasteiger partial charge on any atom is -0.363 e. The first-order valence-electron chi connectivity index (χ1n) is 13.3. The second-order valence-electron chi connectivity index (χ2n) is 9.81. The van der Waals surface area contributed by atoms with E-state index in [4.69, 9.17) is 16.6 Å². The Kier molecular flexibility index (Phi) is 7.41. The molecule has 14 heteroatoms. The Morgan fingerprint density at radius 1 is 1.14 bits per heavy atom. The van der Waals surface area contributed by atoms with Gasteiger partial charge in [-0.05, 0) is 42.1 Å². The van der Waals surface area contributed by atoms with Crippen LogP contribution in [0.2, 0.25) is 5.02 Å². The van der Waals surface area contributed by atoms with Crippen LogP contribution in [-0.2, 0) is 23.9 Å². The summed E-state index contributed by atoms with van der Waals surface area (Å²) in [6.45, 7) is 4.20. The van der Waals surface area contributed by atoms with Crippen molar-refractivity contribution < 1.29 is 18.0 Å². The molecular formula is C28H25ClF3N7O2S. The van der Waals surface area contributed by atoms with Gasteiger partial charge in [0.05, 0.1) is 26.8 Å². The number of carbonyl (C=O) groups is 1. The Morgan fingerprint density at radius 3 is 2.60 bits per heavy atom. The van der Waals surface area contributed by atoms with E-state index in [0.29, 0.717) is 49.8 Å². The molecular weight excluding hydrogens is 591 g/mol. The number of nitrogens with one attached hydrogen (secondary N) is 2. The van der Waals surface area contributed by atoms with Crippen molar-refractivity contribution in [3.8, 4) is 10.7 Å². The van der Waals surface area contributed by atoms with Gasteiger partial charge in [-0.1, -0.05) is 36.7 Å². The summed E-state index contributed by atoms with van der Waals surface area (Å²) in [5.74, 6) is -0.000747. The molecule has 2 N–H and O–H groups in total. The van der Waals surface area contributed by atoms with E-state index in [9.17, 15) is 22.8 Å². The topological polar surface area (TPSA) is 96.6 Å². The highest BCUT2D eigenvalue weighted by molar-refractivity contribution is 7.22. The van der Waals surface area contributed by atoms with Gasteiger partial charge in [-0.15, -0.1) is 16.4 Å². The van der Waals surface area contributed by atoms with Crippen LogP contribution in [0.3, 0.4) is 0 Å².